The van der Waals surface area contributed by atoms with Crippen molar-refractivity contribution in [1.82, 2.24) is 20.1 Å². The number of nitrogens with one attached hydrogen (secondary N) is 1. The summed E-state index contributed by atoms with van der Waals surface area (Å²) in [6, 6.07) is 5.60. The summed E-state index contributed by atoms with van der Waals surface area (Å²) in [5.41, 5.74) is 0.953. The zero-order valence-corrected chi connectivity index (χ0v) is 16.1. The van der Waals surface area contributed by atoms with Crippen LogP contribution in [0.15, 0.2) is 23.4 Å². The van der Waals surface area contributed by atoms with E-state index in [0.29, 0.717) is 29.7 Å². The molecular weight excluding hydrogens is 352 g/mol. The fourth-order valence-corrected chi connectivity index (χ4v) is 3.56. The highest BCUT2D eigenvalue weighted by Gasteiger charge is 2.30. The first kappa shape index (κ1) is 18.6. The molecule has 1 heterocycles. The van der Waals surface area contributed by atoms with Crippen LogP contribution in [0.1, 0.15) is 37.1 Å². The van der Waals surface area contributed by atoms with E-state index >= 15 is 0 Å². The van der Waals surface area contributed by atoms with E-state index in [1.165, 1.54) is 24.6 Å². The quantitative estimate of drug-likeness (QED) is 0.678. The minimum absolute atomic E-state index is 0.0385. The van der Waals surface area contributed by atoms with Crippen molar-refractivity contribution in [1.29, 1.82) is 0 Å². The Morgan fingerprint density at radius 2 is 2.04 bits per heavy atom. The van der Waals surface area contributed by atoms with Gasteiger partial charge in [0.25, 0.3) is 0 Å². The van der Waals surface area contributed by atoms with Gasteiger partial charge in [-0.25, -0.2) is 0 Å². The van der Waals surface area contributed by atoms with E-state index in [1.54, 1.807) is 14.2 Å². The number of amides is 1. The maximum atomic E-state index is 12.2. The lowest BCUT2D eigenvalue weighted by molar-refractivity contribution is -0.118. The third-order valence-electron chi connectivity index (χ3n) is 4.27. The number of carbonyl (C=O) groups excluding carboxylic acids is 1. The van der Waals surface area contributed by atoms with Crippen LogP contribution in [-0.2, 0) is 17.9 Å². The van der Waals surface area contributed by atoms with Gasteiger partial charge in [-0.15, -0.1) is 10.2 Å². The Hall–Kier alpha value is -2.22. The number of hydrogen-bond acceptors (Lipinski definition) is 6. The summed E-state index contributed by atoms with van der Waals surface area (Å²) >= 11 is 1.43. The van der Waals surface area contributed by atoms with E-state index in [2.05, 4.69) is 27.0 Å². The lowest BCUT2D eigenvalue weighted by Gasteiger charge is -2.10. The van der Waals surface area contributed by atoms with Crippen LogP contribution in [0.3, 0.4) is 0 Å². The summed E-state index contributed by atoms with van der Waals surface area (Å²) in [6.45, 7) is 3.35. The van der Waals surface area contributed by atoms with Crippen LogP contribution >= 0.6 is 11.8 Å². The number of methoxy groups -OCH3 is 2. The second-order valence-corrected chi connectivity index (χ2v) is 7.06. The molecule has 7 nitrogen and oxygen atoms in total. The molecule has 1 aromatic heterocycles. The van der Waals surface area contributed by atoms with Gasteiger partial charge in [-0.1, -0.05) is 17.8 Å². The van der Waals surface area contributed by atoms with Gasteiger partial charge < -0.3 is 19.4 Å². The minimum atomic E-state index is -0.0385. The Balaban J connectivity index is 1.52. The van der Waals surface area contributed by atoms with Crippen LogP contribution < -0.4 is 14.8 Å². The highest BCUT2D eigenvalue weighted by molar-refractivity contribution is 7.99. The molecule has 1 saturated carbocycles. The molecule has 1 aliphatic rings. The van der Waals surface area contributed by atoms with Gasteiger partial charge >= 0.3 is 0 Å². The number of carbonyl (C=O) groups is 1. The van der Waals surface area contributed by atoms with E-state index in [0.717, 1.165) is 23.1 Å². The zero-order chi connectivity index (χ0) is 18.5. The van der Waals surface area contributed by atoms with Crippen LogP contribution in [-0.4, -0.2) is 40.6 Å². The summed E-state index contributed by atoms with van der Waals surface area (Å²) in [6.07, 6.45) is 2.38. The molecule has 0 radical (unpaired) electrons. The smallest absolute Gasteiger partial charge is 0.230 e. The number of nitrogens with zero attached hydrogens (tertiary/aromatic N) is 3. The lowest BCUT2D eigenvalue weighted by Crippen LogP contribution is -2.24. The molecule has 0 unspecified atom stereocenters. The van der Waals surface area contributed by atoms with Crippen molar-refractivity contribution >= 4 is 17.7 Å². The van der Waals surface area contributed by atoms with E-state index in [9.17, 15) is 4.79 Å². The summed E-state index contributed by atoms with van der Waals surface area (Å²) in [4.78, 5) is 12.2. The van der Waals surface area contributed by atoms with Crippen molar-refractivity contribution in [3.8, 4) is 11.5 Å². The van der Waals surface area contributed by atoms with Crippen LogP contribution in [0.25, 0.3) is 0 Å². The average Bonchev–Trinajstić information content (AvgIpc) is 3.43. The maximum Gasteiger partial charge on any atom is 0.230 e. The van der Waals surface area contributed by atoms with Crippen LogP contribution in [0.2, 0.25) is 0 Å². The first-order valence-electron chi connectivity index (χ1n) is 8.69. The minimum Gasteiger partial charge on any atom is -0.493 e. The monoisotopic (exact) mass is 376 g/mol. The van der Waals surface area contributed by atoms with Crippen LogP contribution in [0, 0.1) is 0 Å². The van der Waals surface area contributed by atoms with Crippen molar-refractivity contribution in [2.24, 2.45) is 0 Å². The Bertz CT molecular complexity index is 774. The second kappa shape index (κ2) is 8.44. The Labute approximate surface area is 157 Å². The van der Waals surface area contributed by atoms with Crippen LogP contribution in [0.5, 0.6) is 11.5 Å². The lowest BCUT2D eigenvalue weighted by atomic mass is 10.2. The van der Waals surface area contributed by atoms with Crippen LogP contribution in [0.4, 0.5) is 0 Å². The molecule has 3 rings (SSSR count). The average molecular weight is 376 g/mol. The van der Waals surface area contributed by atoms with Gasteiger partial charge in [0.15, 0.2) is 16.7 Å². The van der Waals surface area contributed by atoms with Crippen molar-refractivity contribution in [3.05, 3.63) is 29.6 Å². The van der Waals surface area contributed by atoms with Gasteiger partial charge in [-0.05, 0) is 37.5 Å². The molecule has 0 atom stereocenters. The molecule has 2 aromatic rings. The molecule has 26 heavy (non-hydrogen) atoms. The summed E-state index contributed by atoms with van der Waals surface area (Å²) < 4.78 is 12.6. The van der Waals surface area contributed by atoms with E-state index in [-0.39, 0.29) is 5.91 Å². The molecule has 0 saturated heterocycles. The molecular formula is C18H24N4O3S. The van der Waals surface area contributed by atoms with Crippen molar-refractivity contribution in [2.75, 3.05) is 20.0 Å². The Morgan fingerprint density at radius 3 is 2.69 bits per heavy atom. The fraction of sp³-hybridized carbons (Fsp3) is 0.500. The first-order valence-corrected chi connectivity index (χ1v) is 9.68. The molecule has 0 spiro atoms. The van der Waals surface area contributed by atoms with Crippen molar-refractivity contribution in [3.63, 3.8) is 0 Å². The van der Waals surface area contributed by atoms with Gasteiger partial charge in [0.05, 0.1) is 20.0 Å². The van der Waals surface area contributed by atoms with Gasteiger partial charge in [0.2, 0.25) is 5.91 Å². The van der Waals surface area contributed by atoms with Gasteiger partial charge in [0.1, 0.15) is 5.82 Å². The number of rotatable bonds is 9. The molecule has 8 heteroatoms. The van der Waals surface area contributed by atoms with E-state index in [1.807, 2.05) is 18.2 Å². The summed E-state index contributed by atoms with van der Waals surface area (Å²) in [5, 5.41) is 12.3. The highest BCUT2D eigenvalue weighted by atomic mass is 32.2. The summed E-state index contributed by atoms with van der Waals surface area (Å²) in [7, 11) is 3.19. The number of benzene rings is 1. The standard InChI is InChI=1S/C18H24N4O3S/c1-4-22-17(13-6-7-13)20-21-18(22)26-11-16(23)19-10-12-5-8-14(24-2)15(9-12)25-3/h5,8-9,13H,4,6-7,10-11H2,1-3H3,(H,19,23). The predicted octanol–water partition coefficient (Wildman–Crippen LogP) is 2.60. The number of thioether (sulfide) groups is 1. The molecule has 1 amide bonds. The molecule has 1 aromatic carbocycles. The topological polar surface area (TPSA) is 78.3 Å². The van der Waals surface area contributed by atoms with Crippen molar-refractivity contribution in [2.45, 2.75) is 43.9 Å². The Morgan fingerprint density at radius 1 is 1.27 bits per heavy atom. The van der Waals surface area contributed by atoms with Gasteiger partial charge in [-0.3, -0.25) is 4.79 Å². The molecule has 0 bridgehead atoms. The summed E-state index contributed by atoms with van der Waals surface area (Å²) in [5.74, 6) is 3.21. The number of hydrogen-bond donors (Lipinski definition) is 1. The SMILES string of the molecule is CCn1c(SCC(=O)NCc2ccc(OC)c(OC)c2)nnc1C1CC1. The largest absolute Gasteiger partial charge is 0.493 e. The highest BCUT2D eigenvalue weighted by Crippen LogP contribution is 2.39. The first-order chi connectivity index (χ1) is 12.7. The maximum absolute atomic E-state index is 12.2. The third-order valence-corrected chi connectivity index (χ3v) is 5.24. The Kier molecular flexibility index (Phi) is 6.03. The molecule has 0 aliphatic heterocycles. The van der Waals surface area contributed by atoms with E-state index < -0.39 is 0 Å². The normalized spacial score (nSPS) is 13.5. The molecule has 140 valence electrons. The third kappa shape index (κ3) is 4.30. The number of ether oxygens (including phenoxy) is 2. The van der Waals surface area contributed by atoms with E-state index in [4.69, 9.17) is 9.47 Å². The molecule has 1 aliphatic carbocycles. The zero-order valence-electron chi connectivity index (χ0n) is 15.3. The van der Waals surface area contributed by atoms with Gasteiger partial charge in [-0.2, -0.15) is 0 Å². The second-order valence-electron chi connectivity index (χ2n) is 6.11. The predicted molar refractivity (Wildman–Crippen MR) is 99.8 cm³/mol. The number of aromatic nitrogens is 3. The van der Waals surface area contributed by atoms with Gasteiger partial charge in [0, 0.05) is 19.0 Å². The molecule has 1 fully saturated rings. The fourth-order valence-electron chi connectivity index (χ4n) is 2.72. The molecule has 1 N–H and O–H groups in total. The van der Waals surface area contributed by atoms with Crippen molar-refractivity contribution < 1.29 is 14.3 Å².